The smallest absolute Gasteiger partial charge is 0.306 e. The number of amides is 1. The molecular weight excluding hydrogens is 368 g/mol. The molecule has 0 aromatic heterocycles. The molecular formula is C19H28N2O5S. The van der Waals surface area contributed by atoms with Crippen LogP contribution in [-0.2, 0) is 24.3 Å². The molecule has 0 saturated heterocycles. The molecule has 150 valence electrons. The Morgan fingerprint density at radius 1 is 1.22 bits per heavy atom. The van der Waals surface area contributed by atoms with Crippen LogP contribution in [0.3, 0.4) is 0 Å². The Bertz CT molecular complexity index is 783. The maximum absolute atomic E-state index is 12.2. The summed E-state index contributed by atoms with van der Waals surface area (Å²) in [6, 6.07) is 4.52. The van der Waals surface area contributed by atoms with E-state index in [4.69, 9.17) is 4.74 Å². The van der Waals surface area contributed by atoms with Crippen LogP contribution >= 0.6 is 0 Å². The van der Waals surface area contributed by atoms with E-state index in [0.717, 1.165) is 10.7 Å². The van der Waals surface area contributed by atoms with Crippen molar-refractivity contribution in [1.82, 2.24) is 4.31 Å². The van der Waals surface area contributed by atoms with Crippen molar-refractivity contribution >= 4 is 27.6 Å². The van der Waals surface area contributed by atoms with Gasteiger partial charge in [-0.2, -0.15) is 0 Å². The lowest BCUT2D eigenvalue weighted by Crippen LogP contribution is -2.23. The number of hydrogen-bond donors (Lipinski definition) is 1. The second kappa shape index (κ2) is 9.32. The fourth-order valence-corrected chi connectivity index (χ4v) is 4.06. The van der Waals surface area contributed by atoms with Gasteiger partial charge in [-0.25, -0.2) is 12.7 Å². The highest BCUT2D eigenvalue weighted by Crippen LogP contribution is 2.28. The summed E-state index contributed by atoms with van der Waals surface area (Å²) in [5, 5.41) is 2.62. The molecule has 2 rings (SSSR count). The third-order valence-corrected chi connectivity index (χ3v) is 6.67. The average molecular weight is 397 g/mol. The summed E-state index contributed by atoms with van der Waals surface area (Å²) >= 11 is 0. The minimum atomic E-state index is -3.60. The molecule has 0 heterocycles. The van der Waals surface area contributed by atoms with Gasteiger partial charge >= 0.3 is 5.97 Å². The minimum Gasteiger partial charge on any atom is -0.456 e. The van der Waals surface area contributed by atoms with E-state index in [-0.39, 0.29) is 17.5 Å². The van der Waals surface area contributed by atoms with Gasteiger partial charge in [0.05, 0.1) is 4.90 Å². The van der Waals surface area contributed by atoms with Gasteiger partial charge in [0.15, 0.2) is 6.61 Å². The van der Waals surface area contributed by atoms with Gasteiger partial charge in [-0.05, 0) is 37.0 Å². The third kappa shape index (κ3) is 6.04. The molecule has 1 aliphatic carbocycles. The molecule has 0 radical (unpaired) electrons. The fourth-order valence-electron chi connectivity index (χ4n) is 3.13. The fraction of sp³-hybridized carbons (Fsp3) is 0.579. The van der Waals surface area contributed by atoms with Crippen LogP contribution in [0.4, 0.5) is 5.69 Å². The van der Waals surface area contributed by atoms with Gasteiger partial charge in [-0.3, -0.25) is 9.59 Å². The third-order valence-electron chi connectivity index (χ3n) is 4.86. The van der Waals surface area contributed by atoms with Crippen LogP contribution < -0.4 is 5.32 Å². The summed E-state index contributed by atoms with van der Waals surface area (Å²) < 4.78 is 30.6. The van der Waals surface area contributed by atoms with E-state index >= 15 is 0 Å². The first-order valence-corrected chi connectivity index (χ1v) is 10.6. The highest BCUT2D eigenvalue weighted by molar-refractivity contribution is 7.89. The van der Waals surface area contributed by atoms with E-state index in [1.807, 2.05) is 0 Å². The van der Waals surface area contributed by atoms with Crippen LogP contribution in [0.15, 0.2) is 23.1 Å². The number of ether oxygens (including phenoxy) is 1. The van der Waals surface area contributed by atoms with Crippen LogP contribution in [0.2, 0.25) is 0 Å². The second-order valence-electron chi connectivity index (χ2n) is 7.16. The number of benzene rings is 1. The van der Waals surface area contributed by atoms with Gasteiger partial charge in [0, 0.05) is 26.2 Å². The van der Waals surface area contributed by atoms with Crippen molar-refractivity contribution in [2.24, 2.45) is 5.92 Å². The summed E-state index contributed by atoms with van der Waals surface area (Å²) in [5.41, 5.74) is 1.10. The highest BCUT2D eigenvalue weighted by Gasteiger charge is 2.19. The SMILES string of the molecule is Cc1ccc(S(=O)(=O)N(C)C)cc1NC(=O)COC(=O)CCC1CCCC1. The number of carbonyl (C=O) groups excluding carboxylic acids is 2. The van der Waals surface area contributed by atoms with Crippen molar-refractivity contribution in [3.8, 4) is 0 Å². The van der Waals surface area contributed by atoms with E-state index < -0.39 is 15.9 Å². The van der Waals surface area contributed by atoms with E-state index in [1.165, 1.54) is 51.9 Å². The molecule has 1 saturated carbocycles. The van der Waals surface area contributed by atoms with Gasteiger partial charge in [-0.1, -0.05) is 31.7 Å². The maximum atomic E-state index is 12.2. The first-order valence-electron chi connectivity index (χ1n) is 9.19. The Kier molecular flexibility index (Phi) is 7.38. The number of rotatable bonds is 8. The average Bonchev–Trinajstić information content (AvgIpc) is 3.13. The molecule has 0 spiro atoms. The number of nitrogens with one attached hydrogen (secondary N) is 1. The van der Waals surface area contributed by atoms with Crippen molar-refractivity contribution in [3.63, 3.8) is 0 Å². The lowest BCUT2D eigenvalue weighted by atomic mass is 10.0. The molecule has 1 amide bonds. The monoisotopic (exact) mass is 396 g/mol. The molecule has 0 atom stereocenters. The first-order chi connectivity index (χ1) is 12.7. The number of anilines is 1. The van der Waals surface area contributed by atoms with Crippen LogP contribution in [0.1, 0.15) is 44.1 Å². The Balaban J connectivity index is 1.88. The number of aryl methyl sites for hydroxylation is 1. The largest absolute Gasteiger partial charge is 0.456 e. The zero-order valence-electron chi connectivity index (χ0n) is 16.2. The van der Waals surface area contributed by atoms with E-state index in [1.54, 1.807) is 13.0 Å². The number of esters is 1. The number of nitrogens with zero attached hydrogens (tertiary/aromatic N) is 1. The summed E-state index contributed by atoms with van der Waals surface area (Å²) in [7, 11) is -0.711. The molecule has 1 fully saturated rings. The predicted octanol–water partition coefficient (Wildman–Crippen LogP) is 2.70. The normalized spacial score (nSPS) is 15.1. The van der Waals surface area contributed by atoms with Gasteiger partial charge in [0.2, 0.25) is 10.0 Å². The molecule has 1 N–H and O–H groups in total. The minimum absolute atomic E-state index is 0.0851. The van der Waals surface area contributed by atoms with Gasteiger partial charge in [0.1, 0.15) is 0 Å². The second-order valence-corrected chi connectivity index (χ2v) is 9.31. The van der Waals surface area contributed by atoms with Crippen LogP contribution in [0.5, 0.6) is 0 Å². The van der Waals surface area contributed by atoms with Crippen LogP contribution in [-0.4, -0.2) is 45.3 Å². The zero-order chi connectivity index (χ0) is 20.0. The lowest BCUT2D eigenvalue weighted by molar-refractivity contribution is -0.147. The van der Waals surface area contributed by atoms with Crippen LogP contribution in [0, 0.1) is 12.8 Å². The molecule has 1 aromatic rings. The highest BCUT2D eigenvalue weighted by atomic mass is 32.2. The first kappa shape index (κ1) is 21.4. The van der Waals surface area contributed by atoms with Crippen molar-refractivity contribution in [3.05, 3.63) is 23.8 Å². The Morgan fingerprint density at radius 2 is 1.89 bits per heavy atom. The van der Waals surface area contributed by atoms with Gasteiger partial charge < -0.3 is 10.1 Å². The Morgan fingerprint density at radius 3 is 2.52 bits per heavy atom. The molecule has 0 unspecified atom stereocenters. The quantitative estimate of drug-likeness (QED) is 0.682. The molecule has 0 aliphatic heterocycles. The summed E-state index contributed by atoms with van der Waals surface area (Å²) in [4.78, 5) is 24.0. The summed E-state index contributed by atoms with van der Waals surface area (Å²) in [6.07, 6.45) is 5.92. The standard InChI is InChI=1S/C19H28N2O5S/c1-14-8-10-16(27(24,25)21(2)3)12-17(14)20-18(22)13-26-19(23)11-9-15-6-4-5-7-15/h8,10,12,15H,4-7,9,11,13H2,1-3H3,(H,20,22). The van der Waals surface area contributed by atoms with E-state index in [0.29, 0.717) is 23.6 Å². The van der Waals surface area contributed by atoms with E-state index in [9.17, 15) is 18.0 Å². The van der Waals surface area contributed by atoms with Gasteiger partial charge in [0.25, 0.3) is 5.91 Å². The lowest BCUT2D eigenvalue weighted by Gasteiger charge is -2.14. The molecule has 1 aromatic carbocycles. The van der Waals surface area contributed by atoms with Crippen LogP contribution in [0.25, 0.3) is 0 Å². The maximum Gasteiger partial charge on any atom is 0.306 e. The number of sulfonamides is 1. The predicted molar refractivity (Wildman–Crippen MR) is 103 cm³/mol. The van der Waals surface area contributed by atoms with Crippen molar-refractivity contribution in [2.75, 3.05) is 26.0 Å². The molecule has 27 heavy (non-hydrogen) atoms. The number of carbonyl (C=O) groups is 2. The molecule has 8 heteroatoms. The number of hydrogen-bond acceptors (Lipinski definition) is 5. The van der Waals surface area contributed by atoms with Crippen molar-refractivity contribution in [1.29, 1.82) is 0 Å². The summed E-state index contributed by atoms with van der Waals surface area (Å²) in [6.45, 7) is 1.38. The molecule has 1 aliphatic rings. The Labute approximate surface area is 161 Å². The molecule has 7 nitrogen and oxygen atoms in total. The van der Waals surface area contributed by atoms with Crippen molar-refractivity contribution < 1.29 is 22.7 Å². The zero-order valence-corrected chi connectivity index (χ0v) is 17.0. The molecule has 0 bridgehead atoms. The van der Waals surface area contributed by atoms with Crippen molar-refractivity contribution in [2.45, 2.75) is 50.3 Å². The van der Waals surface area contributed by atoms with Gasteiger partial charge in [-0.15, -0.1) is 0 Å². The summed E-state index contributed by atoms with van der Waals surface area (Å²) in [5.74, 6) is -0.278. The Hall–Kier alpha value is -1.93. The topological polar surface area (TPSA) is 92.8 Å². The van der Waals surface area contributed by atoms with E-state index in [2.05, 4.69) is 5.32 Å².